The summed E-state index contributed by atoms with van der Waals surface area (Å²) < 4.78 is 5.95. The lowest BCUT2D eigenvalue weighted by atomic mass is 9.99. The van der Waals surface area contributed by atoms with E-state index in [0.29, 0.717) is 64.0 Å². The van der Waals surface area contributed by atoms with Gasteiger partial charge in [-0.1, -0.05) is 23.7 Å². The molecule has 0 spiro atoms. The van der Waals surface area contributed by atoms with Crippen LogP contribution in [0.4, 0.5) is 5.69 Å². The number of hydrogen-bond acceptors (Lipinski definition) is 7. The van der Waals surface area contributed by atoms with Gasteiger partial charge in [-0.25, -0.2) is 5.10 Å². The zero-order chi connectivity index (χ0) is 24.8. The fourth-order valence-corrected chi connectivity index (χ4v) is 3.82. The summed E-state index contributed by atoms with van der Waals surface area (Å²) in [5, 5.41) is 23.7. The van der Waals surface area contributed by atoms with Crippen LogP contribution in [0.15, 0.2) is 54.7 Å². The quantitative estimate of drug-likeness (QED) is 0.366. The molecule has 0 fully saturated rings. The van der Waals surface area contributed by atoms with Gasteiger partial charge >= 0.3 is 0 Å². The number of hydrogen-bond donors (Lipinski definition) is 1. The molecule has 0 saturated heterocycles. The van der Waals surface area contributed by atoms with Gasteiger partial charge in [-0.3, -0.25) is 9.78 Å². The first-order chi connectivity index (χ1) is 17.0. The number of aromatic nitrogens is 5. The van der Waals surface area contributed by atoms with Crippen molar-refractivity contribution in [3.8, 4) is 22.9 Å². The summed E-state index contributed by atoms with van der Waals surface area (Å²) in [5.41, 5.74) is 3.36. The smallest absolute Gasteiger partial charge is 0.258 e. The molecule has 2 heterocycles. The average molecular weight is 488 g/mol. The predicted molar refractivity (Wildman–Crippen MR) is 131 cm³/mol. The molecule has 0 unspecified atom stereocenters. The van der Waals surface area contributed by atoms with Gasteiger partial charge in [0.05, 0.1) is 23.9 Å². The van der Waals surface area contributed by atoms with Crippen molar-refractivity contribution in [3.05, 3.63) is 82.4 Å². The summed E-state index contributed by atoms with van der Waals surface area (Å²) in [6.07, 6.45) is 2.95. The van der Waals surface area contributed by atoms with Gasteiger partial charge < -0.3 is 9.64 Å². The highest BCUT2D eigenvalue weighted by Crippen LogP contribution is 2.33. The molecule has 0 aliphatic heterocycles. The topological polar surface area (TPSA) is 121 Å². The van der Waals surface area contributed by atoms with Crippen LogP contribution in [0.1, 0.15) is 33.9 Å². The molecule has 2 aromatic carbocycles. The summed E-state index contributed by atoms with van der Waals surface area (Å²) in [5.74, 6) is 1.03. The molecule has 0 aliphatic carbocycles. The molecule has 9 nitrogen and oxygen atoms in total. The number of carbonyl (C=O) groups excluding carboxylic acids is 1. The van der Waals surface area contributed by atoms with Crippen molar-refractivity contribution in [2.24, 2.45) is 0 Å². The zero-order valence-corrected chi connectivity index (χ0v) is 20.0. The lowest BCUT2D eigenvalue weighted by molar-refractivity contribution is 0.0992. The summed E-state index contributed by atoms with van der Waals surface area (Å²) in [6, 6.07) is 16.2. The number of H-pyrrole nitrogens is 1. The molecule has 35 heavy (non-hydrogen) atoms. The van der Waals surface area contributed by atoms with Crippen molar-refractivity contribution < 1.29 is 9.53 Å². The molecule has 10 heteroatoms. The van der Waals surface area contributed by atoms with E-state index in [9.17, 15) is 10.1 Å². The predicted octanol–water partition coefficient (Wildman–Crippen LogP) is 4.38. The van der Waals surface area contributed by atoms with E-state index < -0.39 is 0 Å². The van der Waals surface area contributed by atoms with Crippen molar-refractivity contribution in [1.82, 2.24) is 25.6 Å². The Morgan fingerprint density at radius 2 is 2.03 bits per heavy atom. The maximum Gasteiger partial charge on any atom is 0.258 e. The van der Waals surface area contributed by atoms with Crippen LogP contribution >= 0.6 is 11.6 Å². The third kappa shape index (κ3) is 5.45. The molecule has 0 saturated carbocycles. The van der Waals surface area contributed by atoms with Crippen molar-refractivity contribution in [3.63, 3.8) is 0 Å². The Labute approximate surface area is 207 Å². The average Bonchev–Trinajstić information content (AvgIpc) is 3.40. The Balaban J connectivity index is 1.54. The van der Waals surface area contributed by atoms with E-state index in [1.807, 2.05) is 31.2 Å². The molecule has 1 N–H and O–H groups in total. The number of carbonyl (C=O) groups is 1. The first-order valence-corrected chi connectivity index (χ1v) is 11.2. The molecule has 4 aromatic rings. The van der Waals surface area contributed by atoms with Gasteiger partial charge in [0.25, 0.3) is 5.91 Å². The third-order valence-electron chi connectivity index (χ3n) is 5.40. The van der Waals surface area contributed by atoms with Crippen molar-refractivity contribution >= 4 is 23.2 Å². The monoisotopic (exact) mass is 487 g/mol. The second kappa shape index (κ2) is 10.8. The molecule has 0 radical (unpaired) electrons. The first kappa shape index (κ1) is 23.9. The van der Waals surface area contributed by atoms with Gasteiger partial charge in [0.2, 0.25) is 0 Å². The highest BCUT2D eigenvalue weighted by Gasteiger charge is 2.19. The maximum absolute atomic E-state index is 13.4. The normalized spacial score (nSPS) is 10.6. The largest absolute Gasteiger partial charge is 0.491 e. The van der Waals surface area contributed by atoms with Crippen LogP contribution < -0.4 is 9.64 Å². The summed E-state index contributed by atoms with van der Waals surface area (Å²) in [4.78, 5) is 19.2. The van der Waals surface area contributed by atoms with E-state index in [-0.39, 0.29) is 5.91 Å². The lowest BCUT2D eigenvalue weighted by Crippen LogP contribution is -2.26. The van der Waals surface area contributed by atoms with Crippen molar-refractivity contribution in [2.45, 2.75) is 19.8 Å². The third-order valence-corrected chi connectivity index (χ3v) is 5.73. The van der Waals surface area contributed by atoms with E-state index in [4.69, 9.17) is 16.3 Å². The van der Waals surface area contributed by atoms with Crippen LogP contribution in [0, 0.1) is 18.3 Å². The molecular weight excluding hydrogens is 466 g/mol. The minimum atomic E-state index is -0.245. The number of nitriles is 1. The van der Waals surface area contributed by atoms with E-state index >= 15 is 0 Å². The Morgan fingerprint density at radius 1 is 1.20 bits per heavy atom. The van der Waals surface area contributed by atoms with Crippen LogP contribution in [0.25, 0.3) is 11.1 Å². The summed E-state index contributed by atoms with van der Waals surface area (Å²) in [7, 11) is 1.69. The highest BCUT2D eigenvalue weighted by molar-refractivity contribution is 6.33. The second-order valence-corrected chi connectivity index (χ2v) is 8.22. The number of pyridine rings is 1. The van der Waals surface area contributed by atoms with Gasteiger partial charge in [-0.05, 0) is 60.2 Å². The number of nitrogens with zero attached hydrogens (tertiary/aromatic N) is 6. The van der Waals surface area contributed by atoms with Gasteiger partial charge in [-0.2, -0.15) is 5.26 Å². The van der Waals surface area contributed by atoms with E-state index in [0.717, 1.165) is 5.69 Å². The van der Waals surface area contributed by atoms with Crippen LogP contribution in [0.5, 0.6) is 5.75 Å². The summed E-state index contributed by atoms with van der Waals surface area (Å²) in [6.45, 7) is 2.24. The van der Waals surface area contributed by atoms with Gasteiger partial charge in [-0.15, -0.1) is 5.10 Å². The van der Waals surface area contributed by atoms with Gasteiger partial charge in [0, 0.05) is 47.1 Å². The fourth-order valence-electron chi connectivity index (χ4n) is 3.60. The number of anilines is 1. The van der Waals surface area contributed by atoms with E-state index in [1.165, 1.54) is 4.90 Å². The minimum absolute atomic E-state index is 0.245. The maximum atomic E-state index is 13.4. The molecule has 4 rings (SSSR count). The van der Waals surface area contributed by atoms with E-state index in [2.05, 4.69) is 31.7 Å². The minimum Gasteiger partial charge on any atom is -0.491 e. The van der Waals surface area contributed by atoms with Crippen LogP contribution in [-0.4, -0.2) is 45.2 Å². The fraction of sp³-hybridized carbons (Fsp3) is 0.200. The molecule has 1 amide bonds. The van der Waals surface area contributed by atoms with Gasteiger partial charge in [0.15, 0.2) is 0 Å². The number of nitrogens with one attached hydrogen (secondary N) is 1. The number of tetrazole rings is 1. The van der Waals surface area contributed by atoms with Crippen LogP contribution in [0.2, 0.25) is 5.02 Å². The number of rotatable bonds is 8. The second-order valence-electron chi connectivity index (χ2n) is 7.81. The Morgan fingerprint density at radius 3 is 2.80 bits per heavy atom. The van der Waals surface area contributed by atoms with Crippen LogP contribution in [-0.2, 0) is 6.42 Å². The van der Waals surface area contributed by atoms with Gasteiger partial charge in [0.1, 0.15) is 11.6 Å². The number of ether oxygens (including phenoxy) is 1. The number of benzene rings is 2. The highest BCUT2D eigenvalue weighted by atomic mass is 35.5. The standard InChI is InChI=1S/C25H22ClN7O2/c1-16-12-18(14-27)20(15-28-16)19-13-17(9-10-21(19)26)25(34)33(2)22-6-3-4-7-23(22)35-11-5-8-24-29-31-32-30-24/h3-4,6-7,9-10,12-13,15H,5,8,11H2,1-2H3,(H,29,30,31,32). The number of halogens is 1. The molecule has 176 valence electrons. The Hall–Kier alpha value is -4.29. The molecule has 0 atom stereocenters. The number of para-hydroxylation sites is 2. The zero-order valence-electron chi connectivity index (χ0n) is 19.2. The number of aromatic amines is 1. The van der Waals surface area contributed by atoms with Crippen molar-refractivity contribution in [1.29, 1.82) is 5.26 Å². The van der Waals surface area contributed by atoms with E-state index in [1.54, 1.807) is 37.5 Å². The molecule has 2 aromatic heterocycles. The molecule has 0 bridgehead atoms. The van der Waals surface area contributed by atoms with Crippen LogP contribution in [0.3, 0.4) is 0 Å². The Kier molecular flexibility index (Phi) is 7.33. The molecular formula is C25H22ClN7O2. The SMILES string of the molecule is Cc1cc(C#N)c(-c2cc(C(=O)N(C)c3ccccc3OCCCc3nnn[nH]3)ccc2Cl)cn1. The number of amides is 1. The first-order valence-electron chi connectivity index (χ1n) is 10.9. The van der Waals surface area contributed by atoms with Crippen molar-refractivity contribution in [2.75, 3.05) is 18.6 Å². The summed E-state index contributed by atoms with van der Waals surface area (Å²) >= 11 is 6.44. The Bertz CT molecular complexity index is 1380. The number of aryl methyl sites for hydroxylation is 2. The molecule has 0 aliphatic rings. The lowest BCUT2D eigenvalue weighted by Gasteiger charge is -2.21.